The van der Waals surface area contributed by atoms with Crippen LogP contribution in [0.15, 0.2) is 48.7 Å². The van der Waals surface area contributed by atoms with Gasteiger partial charge in [-0.15, -0.1) is 0 Å². The predicted octanol–water partition coefficient (Wildman–Crippen LogP) is 4.10. The zero-order chi connectivity index (χ0) is 22.4. The fraction of sp³-hybridized carbons (Fsp3) is 0.217. The standard InChI is InChI=1S/C23H23ClN4O3/c1-15-4-6-18(7-5-15)13-28-17(3)20(16(2)27-28)9-11-23(30)31-14-22(29)26-21-10-8-19(24)12-25-21/h4-12H,13-14H2,1-3H3,(H,25,26,29)/b11-9+. The number of aromatic nitrogens is 3. The average molecular weight is 439 g/mol. The van der Waals surface area contributed by atoms with Crippen molar-refractivity contribution in [2.75, 3.05) is 11.9 Å². The van der Waals surface area contributed by atoms with Gasteiger partial charge in [0, 0.05) is 23.5 Å². The van der Waals surface area contributed by atoms with E-state index >= 15 is 0 Å². The first-order valence-electron chi connectivity index (χ1n) is 9.67. The molecule has 0 bridgehead atoms. The fourth-order valence-electron chi connectivity index (χ4n) is 2.94. The van der Waals surface area contributed by atoms with Crippen molar-refractivity contribution < 1.29 is 14.3 Å². The molecule has 0 aliphatic heterocycles. The summed E-state index contributed by atoms with van der Waals surface area (Å²) >= 11 is 5.75. The number of ether oxygens (including phenoxy) is 1. The van der Waals surface area contributed by atoms with Crippen molar-refractivity contribution in [3.63, 3.8) is 0 Å². The molecular weight excluding hydrogens is 416 g/mol. The van der Waals surface area contributed by atoms with Crippen LogP contribution in [-0.2, 0) is 20.9 Å². The monoisotopic (exact) mass is 438 g/mol. The quantitative estimate of drug-likeness (QED) is 0.443. The summed E-state index contributed by atoms with van der Waals surface area (Å²) in [5, 5.41) is 7.55. The van der Waals surface area contributed by atoms with Crippen LogP contribution < -0.4 is 5.32 Å². The zero-order valence-electron chi connectivity index (χ0n) is 17.6. The molecule has 2 heterocycles. The molecule has 160 valence electrons. The van der Waals surface area contributed by atoms with Gasteiger partial charge in [-0.05, 0) is 44.5 Å². The van der Waals surface area contributed by atoms with Crippen molar-refractivity contribution in [1.82, 2.24) is 14.8 Å². The summed E-state index contributed by atoms with van der Waals surface area (Å²) in [4.78, 5) is 27.9. The van der Waals surface area contributed by atoms with Crippen molar-refractivity contribution in [1.29, 1.82) is 0 Å². The summed E-state index contributed by atoms with van der Waals surface area (Å²) in [5.41, 5.74) is 4.94. The van der Waals surface area contributed by atoms with E-state index in [0.29, 0.717) is 17.4 Å². The molecule has 0 unspecified atom stereocenters. The van der Waals surface area contributed by atoms with Crippen molar-refractivity contribution in [2.45, 2.75) is 27.3 Å². The van der Waals surface area contributed by atoms with Crippen LogP contribution >= 0.6 is 11.6 Å². The molecule has 0 aliphatic carbocycles. The van der Waals surface area contributed by atoms with Gasteiger partial charge in [0.1, 0.15) is 5.82 Å². The van der Waals surface area contributed by atoms with E-state index in [1.807, 2.05) is 25.5 Å². The number of anilines is 1. The Morgan fingerprint density at radius 2 is 1.87 bits per heavy atom. The van der Waals surface area contributed by atoms with Crippen LogP contribution in [0.1, 0.15) is 28.1 Å². The van der Waals surface area contributed by atoms with Gasteiger partial charge in [-0.25, -0.2) is 9.78 Å². The Morgan fingerprint density at radius 3 is 2.55 bits per heavy atom. The lowest BCUT2D eigenvalue weighted by atomic mass is 10.1. The van der Waals surface area contributed by atoms with Crippen LogP contribution in [0, 0.1) is 20.8 Å². The second-order valence-electron chi connectivity index (χ2n) is 7.08. The summed E-state index contributed by atoms with van der Waals surface area (Å²) in [5.74, 6) is -0.785. The zero-order valence-corrected chi connectivity index (χ0v) is 18.3. The van der Waals surface area contributed by atoms with Crippen molar-refractivity contribution in [3.05, 3.63) is 81.8 Å². The third-order valence-corrected chi connectivity index (χ3v) is 4.84. The molecule has 0 spiro atoms. The molecule has 1 N–H and O–H groups in total. The number of carbonyl (C=O) groups is 2. The lowest BCUT2D eigenvalue weighted by Crippen LogP contribution is -2.20. The summed E-state index contributed by atoms with van der Waals surface area (Å²) in [7, 11) is 0. The van der Waals surface area contributed by atoms with Gasteiger partial charge in [0.25, 0.3) is 5.91 Å². The predicted molar refractivity (Wildman–Crippen MR) is 120 cm³/mol. The Bertz CT molecular complexity index is 1100. The molecule has 8 heteroatoms. The van der Waals surface area contributed by atoms with Gasteiger partial charge in [0.05, 0.1) is 17.3 Å². The molecule has 1 amide bonds. The lowest BCUT2D eigenvalue weighted by molar-refractivity contribution is -0.142. The smallest absolute Gasteiger partial charge is 0.331 e. The van der Waals surface area contributed by atoms with Gasteiger partial charge in [0.15, 0.2) is 6.61 Å². The van der Waals surface area contributed by atoms with E-state index in [1.165, 1.54) is 17.8 Å². The molecule has 2 aromatic heterocycles. The van der Waals surface area contributed by atoms with Crippen LogP contribution in [0.4, 0.5) is 5.82 Å². The highest BCUT2D eigenvalue weighted by molar-refractivity contribution is 6.30. The van der Waals surface area contributed by atoms with Crippen LogP contribution in [0.2, 0.25) is 5.02 Å². The third-order valence-electron chi connectivity index (χ3n) is 4.62. The van der Waals surface area contributed by atoms with E-state index in [2.05, 4.69) is 39.7 Å². The highest BCUT2D eigenvalue weighted by Gasteiger charge is 2.11. The summed E-state index contributed by atoms with van der Waals surface area (Å²) in [6.07, 6.45) is 4.36. The number of halogens is 1. The molecule has 0 saturated heterocycles. The normalized spacial score (nSPS) is 11.0. The molecule has 3 aromatic rings. The Kier molecular flexibility index (Phi) is 7.20. The molecule has 0 atom stereocenters. The van der Waals surface area contributed by atoms with Gasteiger partial charge in [-0.2, -0.15) is 5.10 Å². The number of nitrogens with one attached hydrogen (secondary N) is 1. The number of amides is 1. The fourth-order valence-corrected chi connectivity index (χ4v) is 3.05. The molecule has 3 rings (SSSR count). The largest absolute Gasteiger partial charge is 0.452 e. The Hall–Kier alpha value is -3.45. The summed E-state index contributed by atoms with van der Waals surface area (Å²) in [6, 6.07) is 11.4. The van der Waals surface area contributed by atoms with Gasteiger partial charge in [-0.1, -0.05) is 41.4 Å². The second kappa shape index (κ2) is 10.0. The minimum absolute atomic E-state index is 0.327. The van der Waals surface area contributed by atoms with E-state index in [1.54, 1.807) is 18.2 Å². The molecule has 0 fully saturated rings. The first kappa shape index (κ1) is 22.2. The molecule has 1 aromatic carbocycles. The second-order valence-corrected chi connectivity index (χ2v) is 7.52. The van der Waals surface area contributed by atoms with Crippen LogP contribution in [0.5, 0.6) is 0 Å². The van der Waals surface area contributed by atoms with E-state index in [4.69, 9.17) is 16.3 Å². The van der Waals surface area contributed by atoms with Gasteiger partial charge >= 0.3 is 5.97 Å². The average Bonchev–Trinajstić information content (AvgIpc) is 3.01. The topological polar surface area (TPSA) is 86.1 Å². The highest BCUT2D eigenvalue weighted by atomic mass is 35.5. The number of benzene rings is 1. The summed E-state index contributed by atoms with van der Waals surface area (Å²) < 4.78 is 6.90. The number of hydrogen-bond donors (Lipinski definition) is 1. The maximum absolute atomic E-state index is 12.0. The molecule has 7 nitrogen and oxygen atoms in total. The molecule has 31 heavy (non-hydrogen) atoms. The highest BCUT2D eigenvalue weighted by Crippen LogP contribution is 2.17. The number of aryl methyl sites for hydroxylation is 2. The Labute approximate surface area is 185 Å². The first-order chi connectivity index (χ1) is 14.8. The van der Waals surface area contributed by atoms with E-state index < -0.39 is 18.5 Å². The van der Waals surface area contributed by atoms with Crippen LogP contribution in [0.25, 0.3) is 6.08 Å². The Balaban J connectivity index is 1.56. The molecular formula is C23H23ClN4O3. The minimum atomic E-state index is -0.621. The van der Waals surface area contributed by atoms with E-state index in [0.717, 1.165) is 22.5 Å². The Morgan fingerprint density at radius 1 is 1.13 bits per heavy atom. The number of rotatable bonds is 7. The van der Waals surface area contributed by atoms with E-state index in [9.17, 15) is 9.59 Å². The summed E-state index contributed by atoms with van der Waals surface area (Å²) in [6.45, 7) is 6.11. The number of hydrogen-bond acceptors (Lipinski definition) is 5. The van der Waals surface area contributed by atoms with Crippen molar-refractivity contribution >= 4 is 35.4 Å². The number of nitrogens with zero attached hydrogens (tertiary/aromatic N) is 3. The van der Waals surface area contributed by atoms with Crippen LogP contribution in [0.3, 0.4) is 0 Å². The molecule has 0 saturated carbocycles. The van der Waals surface area contributed by atoms with Crippen LogP contribution in [-0.4, -0.2) is 33.2 Å². The van der Waals surface area contributed by atoms with Gasteiger partial charge < -0.3 is 10.1 Å². The SMILES string of the molecule is Cc1ccc(Cn2nc(C)c(/C=C/C(=O)OCC(=O)Nc3ccc(Cl)cn3)c2C)cc1. The van der Waals surface area contributed by atoms with E-state index in [-0.39, 0.29) is 0 Å². The van der Waals surface area contributed by atoms with Gasteiger partial charge in [-0.3, -0.25) is 9.48 Å². The lowest BCUT2D eigenvalue weighted by Gasteiger charge is -2.05. The number of esters is 1. The third kappa shape index (κ3) is 6.26. The molecule has 0 radical (unpaired) electrons. The van der Waals surface area contributed by atoms with Crippen molar-refractivity contribution in [2.24, 2.45) is 0 Å². The van der Waals surface area contributed by atoms with Crippen molar-refractivity contribution in [3.8, 4) is 0 Å². The van der Waals surface area contributed by atoms with Gasteiger partial charge in [0.2, 0.25) is 0 Å². The number of carbonyl (C=O) groups excluding carboxylic acids is 2. The number of pyridine rings is 1. The first-order valence-corrected chi connectivity index (χ1v) is 10.1. The minimum Gasteiger partial charge on any atom is -0.452 e. The maximum Gasteiger partial charge on any atom is 0.331 e. The maximum atomic E-state index is 12.0. The molecule has 0 aliphatic rings.